The minimum absolute atomic E-state index is 0.0555. The van der Waals surface area contributed by atoms with Gasteiger partial charge in [-0.05, 0) is 43.4 Å². The highest BCUT2D eigenvalue weighted by molar-refractivity contribution is 7.22. The summed E-state index contributed by atoms with van der Waals surface area (Å²) in [6.07, 6.45) is 0. The molecule has 0 aliphatic carbocycles. The monoisotopic (exact) mass is 383 g/mol. The first-order valence-electron chi connectivity index (χ1n) is 9.20. The summed E-state index contributed by atoms with van der Waals surface area (Å²) in [5.74, 6) is 0.619. The Morgan fingerprint density at radius 1 is 1.07 bits per heavy atom. The number of hydrogen-bond donors (Lipinski definition) is 0. The standard InChI is InChI=1S/C21H25N3O2S/c1-4-23(5-2)13-14-24(20(25)16-9-8-10-17(15-16)26-3)21-22-18-11-6-7-12-19(18)27-21/h6-12,15H,4-5,13-14H2,1-3H3. The zero-order valence-electron chi connectivity index (χ0n) is 16.0. The van der Waals surface area contributed by atoms with Gasteiger partial charge in [-0.1, -0.05) is 43.4 Å². The summed E-state index contributed by atoms with van der Waals surface area (Å²) in [5.41, 5.74) is 1.52. The van der Waals surface area contributed by atoms with Crippen LogP contribution >= 0.6 is 11.3 Å². The number of benzene rings is 2. The number of nitrogens with zero attached hydrogens (tertiary/aromatic N) is 3. The van der Waals surface area contributed by atoms with Gasteiger partial charge < -0.3 is 9.64 Å². The largest absolute Gasteiger partial charge is 0.497 e. The molecule has 27 heavy (non-hydrogen) atoms. The van der Waals surface area contributed by atoms with Gasteiger partial charge in [-0.25, -0.2) is 4.98 Å². The van der Waals surface area contributed by atoms with E-state index in [1.54, 1.807) is 29.4 Å². The molecule has 1 amide bonds. The van der Waals surface area contributed by atoms with Crippen LogP contribution in [-0.2, 0) is 0 Å². The molecule has 0 bridgehead atoms. The summed E-state index contributed by atoms with van der Waals surface area (Å²) in [7, 11) is 1.61. The Hall–Kier alpha value is -2.44. The first kappa shape index (κ1) is 19.3. The normalized spacial score (nSPS) is 11.1. The molecule has 0 spiro atoms. The average molecular weight is 384 g/mol. The number of amides is 1. The molecule has 5 nitrogen and oxygen atoms in total. The molecule has 6 heteroatoms. The lowest BCUT2D eigenvalue weighted by molar-refractivity contribution is 0.0983. The Bertz CT molecular complexity index is 872. The van der Waals surface area contributed by atoms with Crippen molar-refractivity contribution in [3.63, 3.8) is 0 Å². The van der Waals surface area contributed by atoms with Crippen molar-refractivity contribution >= 4 is 32.6 Å². The second kappa shape index (κ2) is 8.97. The van der Waals surface area contributed by atoms with E-state index in [9.17, 15) is 4.79 Å². The molecule has 0 aliphatic heterocycles. The van der Waals surface area contributed by atoms with Gasteiger partial charge in [-0.3, -0.25) is 9.69 Å². The Balaban J connectivity index is 1.94. The van der Waals surface area contributed by atoms with Crippen LogP contribution in [0.25, 0.3) is 10.2 Å². The fourth-order valence-electron chi connectivity index (χ4n) is 2.95. The Morgan fingerprint density at radius 3 is 2.56 bits per heavy atom. The van der Waals surface area contributed by atoms with Gasteiger partial charge in [0.25, 0.3) is 5.91 Å². The number of thiazole rings is 1. The van der Waals surface area contributed by atoms with Crippen molar-refractivity contribution in [2.45, 2.75) is 13.8 Å². The van der Waals surface area contributed by atoms with E-state index in [1.807, 2.05) is 42.5 Å². The highest BCUT2D eigenvalue weighted by Gasteiger charge is 2.22. The van der Waals surface area contributed by atoms with Crippen LogP contribution in [0.4, 0.5) is 5.13 Å². The van der Waals surface area contributed by atoms with Crippen molar-refractivity contribution in [1.82, 2.24) is 9.88 Å². The molecule has 142 valence electrons. The topological polar surface area (TPSA) is 45.7 Å². The third-order valence-corrected chi connectivity index (χ3v) is 5.67. The first-order valence-corrected chi connectivity index (χ1v) is 10.0. The number of anilines is 1. The smallest absolute Gasteiger partial charge is 0.260 e. The van der Waals surface area contributed by atoms with Gasteiger partial charge in [0.1, 0.15) is 5.75 Å². The molecule has 0 fully saturated rings. The zero-order valence-corrected chi connectivity index (χ0v) is 16.8. The number of carbonyl (C=O) groups is 1. The van der Waals surface area contributed by atoms with E-state index in [-0.39, 0.29) is 5.91 Å². The molecule has 1 aromatic heterocycles. The number of fused-ring (bicyclic) bond motifs is 1. The summed E-state index contributed by atoms with van der Waals surface area (Å²) in [4.78, 5) is 22.1. The number of hydrogen-bond acceptors (Lipinski definition) is 5. The number of rotatable bonds is 8. The van der Waals surface area contributed by atoms with E-state index in [0.29, 0.717) is 17.9 Å². The molecule has 0 radical (unpaired) electrons. The van der Waals surface area contributed by atoms with Gasteiger partial charge in [0.2, 0.25) is 0 Å². The van der Waals surface area contributed by atoms with Crippen LogP contribution in [0, 0.1) is 0 Å². The molecule has 2 aromatic carbocycles. The van der Waals surface area contributed by atoms with Gasteiger partial charge in [0, 0.05) is 18.7 Å². The molecule has 3 aromatic rings. The fraction of sp³-hybridized carbons (Fsp3) is 0.333. The zero-order chi connectivity index (χ0) is 19.2. The van der Waals surface area contributed by atoms with Crippen molar-refractivity contribution in [2.24, 2.45) is 0 Å². The summed E-state index contributed by atoms with van der Waals surface area (Å²) < 4.78 is 6.36. The first-order chi connectivity index (χ1) is 13.2. The molecule has 1 heterocycles. The van der Waals surface area contributed by atoms with Crippen molar-refractivity contribution in [2.75, 3.05) is 38.2 Å². The van der Waals surface area contributed by atoms with E-state index in [1.165, 1.54) is 0 Å². The Labute approximate surface area is 164 Å². The molecule has 0 saturated carbocycles. The summed E-state index contributed by atoms with van der Waals surface area (Å²) in [6.45, 7) is 7.58. The third-order valence-electron chi connectivity index (χ3n) is 4.61. The summed E-state index contributed by atoms with van der Waals surface area (Å²) in [6, 6.07) is 15.3. The van der Waals surface area contributed by atoms with Crippen LogP contribution in [0.3, 0.4) is 0 Å². The summed E-state index contributed by atoms with van der Waals surface area (Å²) in [5, 5.41) is 0.733. The van der Waals surface area contributed by atoms with Crippen LogP contribution in [0.15, 0.2) is 48.5 Å². The maximum absolute atomic E-state index is 13.3. The molecule has 0 unspecified atom stereocenters. The molecule has 0 N–H and O–H groups in total. The second-order valence-electron chi connectivity index (χ2n) is 6.18. The summed E-state index contributed by atoms with van der Waals surface area (Å²) >= 11 is 1.55. The maximum Gasteiger partial charge on any atom is 0.260 e. The molecule has 0 saturated heterocycles. The minimum Gasteiger partial charge on any atom is -0.497 e. The van der Waals surface area contributed by atoms with Crippen molar-refractivity contribution in [3.05, 3.63) is 54.1 Å². The number of aromatic nitrogens is 1. The lowest BCUT2D eigenvalue weighted by Crippen LogP contribution is -2.38. The Morgan fingerprint density at radius 2 is 1.85 bits per heavy atom. The van der Waals surface area contributed by atoms with Crippen LogP contribution < -0.4 is 9.64 Å². The number of ether oxygens (including phenoxy) is 1. The number of likely N-dealkylation sites (N-methyl/N-ethyl adjacent to an activating group) is 1. The fourth-order valence-corrected chi connectivity index (χ4v) is 3.94. The highest BCUT2D eigenvalue weighted by Crippen LogP contribution is 2.30. The maximum atomic E-state index is 13.3. The molecule has 0 atom stereocenters. The number of methoxy groups -OCH3 is 1. The molecular weight excluding hydrogens is 358 g/mol. The van der Waals surface area contributed by atoms with Crippen LogP contribution in [-0.4, -0.2) is 49.1 Å². The van der Waals surface area contributed by atoms with Gasteiger partial charge in [-0.2, -0.15) is 0 Å². The van der Waals surface area contributed by atoms with Crippen LogP contribution in [0.1, 0.15) is 24.2 Å². The van der Waals surface area contributed by atoms with Crippen LogP contribution in [0.2, 0.25) is 0 Å². The van der Waals surface area contributed by atoms with Gasteiger partial charge >= 0.3 is 0 Å². The van der Waals surface area contributed by atoms with Gasteiger partial charge in [0.15, 0.2) is 5.13 Å². The molecule has 0 aliphatic rings. The van der Waals surface area contributed by atoms with E-state index in [4.69, 9.17) is 9.72 Å². The van der Waals surface area contributed by atoms with E-state index in [2.05, 4.69) is 18.7 Å². The average Bonchev–Trinajstić information content (AvgIpc) is 3.14. The minimum atomic E-state index is -0.0555. The SMILES string of the molecule is CCN(CC)CCN(C(=O)c1cccc(OC)c1)c1nc2ccccc2s1. The second-order valence-corrected chi connectivity index (χ2v) is 7.19. The number of carbonyl (C=O) groups excluding carboxylic acids is 1. The molecule has 3 rings (SSSR count). The van der Waals surface area contributed by atoms with Crippen molar-refractivity contribution in [3.8, 4) is 5.75 Å². The van der Waals surface area contributed by atoms with Gasteiger partial charge in [-0.15, -0.1) is 0 Å². The van der Waals surface area contributed by atoms with Crippen LogP contribution in [0.5, 0.6) is 5.75 Å². The third kappa shape index (κ3) is 4.46. The predicted molar refractivity (Wildman–Crippen MR) is 112 cm³/mol. The van der Waals surface area contributed by atoms with Gasteiger partial charge in [0.05, 0.1) is 17.3 Å². The Kier molecular flexibility index (Phi) is 6.42. The van der Waals surface area contributed by atoms with E-state index >= 15 is 0 Å². The lowest BCUT2D eigenvalue weighted by atomic mass is 10.2. The molecular formula is C21H25N3O2S. The van der Waals surface area contributed by atoms with Crippen molar-refractivity contribution < 1.29 is 9.53 Å². The quantitative estimate of drug-likeness (QED) is 0.582. The lowest BCUT2D eigenvalue weighted by Gasteiger charge is -2.24. The van der Waals surface area contributed by atoms with E-state index < -0.39 is 0 Å². The highest BCUT2D eigenvalue weighted by atomic mass is 32.1. The van der Waals surface area contributed by atoms with E-state index in [0.717, 1.165) is 35.0 Å². The van der Waals surface area contributed by atoms with Crippen molar-refractivity contribution in [1.29, 1.82) is 0 Å². The predicted octanol–water partition coefficient (Wildman–Crippen LogP) is 4.29. The number of para-hydroxylation sites is 1.